The molecule has 2 atom stereocenters. The Balaban J connectivity index is 1.49. The van der Waals surface area contributed by atoms with Crippen molar-refractivity contribution < 1.29 is 9.13 Å². The van der Waals surface area contributed by atoms with Gasteiger partial charge in [-0.05, 0) is 24.8 Å². The molecule has 1 saturated carbocycles. The normalized spacial score (nSPS) is 26.3. The Hall–Kier alpha value is -2.24. The van der Waals surface area contributed by atoms with Crippen molar-refractivity contribution in [3.63, 3.8) is 0 Å². The van der Waals surface area contributed by atoms with Gasteiger partial charge in [0.15, 0.2) is 5.82 Å². The van der Waals surface area contributed by atoms with Crippen LogP contribution in [0.2, 0.25) is 0 Å². The number of ether oxygens (including phenoxy) is 1. The van der Waals surface area contributed by atoms with Crippen LogP contribution in [0.3, 0.4) is 0 Å². The monoisotopic (exact) mass is 314 g/mol. The Morgan fingerprint density at radius 2 is 2.13 bits per heavy atom. The summed E-state index contributed by atoms with van der Waals surface area (Å²) in [7, 11) is 0. The van der Waals surface area contributed by atoms with Crippen LogP contribution >= 0.6 is 0 Å². The number of nitrogens with zero attached hydrogens (tertiary/aromatic N) is 4. The van der Waals surface area contributed by atoms with Gasteiger partial charge in [-0.2, -0.15) is 0 Å². The third-order valence-corrected chi connectivity index (χ3v) is 5.07. The SMILES string of the molecule is Fc1cnc(N2C[C@H]3CCC[C@@]3(COc3ccccn3)C2)nc1. The van der Waals surface area contributed by atoms with Gasteiger partial charge in [-0.1, -0.05) is 12.5 Å². The highest BCUT2D eigenvalue weighted by Crippen LogP contribution is 2.49. The highest BCUT2D eigenvalue weighted by molar-refractivity contribution is 5.33. The highest BCUT2D eigenvalue weighted by Gasteiger charge is 2.50. The van der Waals surface area contributed by atoms with Gasteiger partial charge in [0.05, 0.1) is 19.0 Å². The predicted octanol–water partition coefficient (Wildman–Crippen LogP) is 2.70. The number of anilines is 1. The van der Waals surface area contributed by atoms with Crippen LogP contribution in [-0.2, 0) is 0 Å². The third kappa shape index (κ3) is 2.73. The Labute approximate surface area is 134 Å². The Morgan fingerprint density at radius 1 is 1.26 bits per heavy atom. The van der Waals surface area contributed by atoms with E-state index < -0.39 is 5.82 Å². The number of halogens is 1. The lowest BCUT2D eigenvalue weighted by Gasteiger charge is -2.28. The second-order valence-corrected chi connectivity index (χ2v) is 6.49. The molecule has 6 heteroatoms. The van der Waals surface area contributed by atoms with Gasteiger partial charge < -0.3 is 9.64 Å². The molecule has 0 N–H and O–H groups in total. The summed E-state index contributed by atoms with van der Waals surface area (Å²) in [5.41, 5.74) is 0.120. The van der Waals surface area contributed by atoms with E-state index in [0.29, 0.717) is 24.4 Å². The topological polar surface area (TPSA) is 51.1 Å². The third-order valence-electron chi connectivity index (χ3n) is 5.07. The first-order valence-corrected chi connectivity index (χ1v) is 8.02. The summed E-state index contributed by atoms with van der Waals surface area (Å²) in [6, 6.07) is 5.70. The van der Waals surface area contributed by atoms with Crippen molar-refractivity contribution in [3.05, 3.63) is 42.6 Å². The molecule has 0 radical (unpaired) electrons. The average molecular weight is 314 g/mol. The van der Waals surface area contributed by atoms with Crippen LogP contribution in [0, 0.1) is 17.2 Å². The summed E-state index contributed by atoms with van der Waals surface area (Å²) >= 11 is 0. The molecule has 2 aliphatic rings. The number of rotatable bonds is 4. The van der Waals surface area contributed by atoms with Crippen molar-refractivity contribution in [2.24, 2.45) is 11.3 Å². The van der Waals surface area contributed by atoms with Crippen LogP contribution in [0.1, 0.15) is 19.3 Å². The highest BCUT2D eigenvalue weighted by atomic mass is 19.1. The maximum Gasteiger partial charge on any atom is 0.225 e. The quantitative estimate of drug-likeness (QED) is 0.868. The van der Waals surface area contributed by atoms with Gasteiger partial charge in [-0.3, -0.25) is 0 Å². The molecule has 2 aromatic heterocycles. The molecule has 2 fully saturated rings. The molecule has 3 heterocycles. The molecular weight excluding hydrogens is 295 g/mol. The number of hydrogen-bond donors (Lipinski definition) is 0. The van der Waals surface area contributed by atoms with Crippen molar-refractivity contribution >= 4 is 5.95 Å². The van der Waals surface area contributed by atoms with Gasteiger partial charge in [0.1, 0.15) is 0 Å². The van der Waals surface area contributed by atoms with Crippen LogP contribution in [0.5, 0.6) is 5.88 Å². The molecule has 0 aromatic carbocycles. The summed E-state index contributed by atoms with van der Waals surface area (Å²) in [6.45, 7) is 2.43. The van der Waals surface area contributed by atoms with Gasteiger partial charge in [-0.25, -0.2) is 19.3 Å². The number of fused-ring (bicyclic) bond motifs is 1. The largest absolute Gasteiger partial charge is 0.477 e. The van der Waals surface area contributed by atoms with E-state index in [-0.39, 0.29) is 5.41 Å². The summed E-state index contributed by atoms with van der Waals surface area (Å²) in [6.07, 6.45) is 7.77. The minimum absolute atomic E-state index is 0.120. The van der Waals surface area contributed by atoms with E-state index in [4.69, 9.17) is 4.74 Å². The Kier molecular flexibility index (Phi) is 3.59. The van der Waals surface area contributed by atoms with E-state index in [0.717, 1.165) is 19.5 Å². The molecule has 1 saturated heterocycles. The van der Waals surface area contributed by atoms with Crippen LogP contribution in [0.4, 0.5) is 10.3 Å². The molecule has 4 rings (SSSR count). The van der Waals surface area contributed by atoms with E-state index in [9.17, 15) is 4.39 Å². The maximum absolute atomic E-state index is 13.0. The summed E-state index contributed by atoms with van der Waals surface area (Å²) in [5.74, 6) is 1.45. The Bertz CT molecular complexity index is 666. The molecule has 1 aliphatic carbocycles. The standard InChI is InChI=1S/C17H19FN4O/c18-14-8-20-16(21-9-14)22-10-13-4-3-6-17(13,11-22)12-23-15-5-1-2-7-19-15/h1-2,5,7-9,13H,3-4,6,10-12H2/t13-,17+/m1/s1. The van der Waals surface area contributed by atoms with Gasteiger partial charge in [0, 0.05) is 30.8 Å². The zero-order valence-corrected chi connectivity index (χ0v) is 12.9. The summed E-state index contributed by atoms with van der Waals surface area (Å²) in [4.78, 5) is 14.6. The molecule has 0 bridgehead atoms. The van der Waals surface area contributed by atoms with Crippen molar-refractivity contribution in [1.29, 1.82) is 0 Å². The van der Waals surface area contributed by atoms with Crippen molar-refractivity contribution in [2.75, 3.05) is 24.6 Å². The van der Waals surface area contributed by atoms with Crippen molar-refractivity contribution in [2.45, 2.75) is 19.3 Å². The lowest BCUT2D eigenvalue weighted by Crippen LogP contribution is -2.34. The Morgan fingerprint density at radius 3 is 2.91 bits per heavy atom. The second kappa shape index (κ2) is 5.76. The number of aromatic nitrogens is 3. The molecule has 1 aliphatic heterocycles. The first-order chi connectivity index (χ1) is 11.3. The minimum atomic E-state index is -0.402. The summed E-state index contributed by atoms with van der Waals surface area (Å²) < 4.78 is 19.0. The molecular formula is C17H19FN4O. The fourth-order valence-electron chi connectivity index (χ4n) is 3.92. The summed E-state index contributed by atoms with van der Waals surface area (Å²) in [5, 5.41) is 0. The van der Waals surface area contributed by atoms with E-state index in [1.54, 1.807) is 6.20 Å². The molecule has 0 amide bonds. The van der Waals surface area contributed by atoms with Gasteiger partial charge in [0.25, 0.3) is 0 Å². The van der Waals surface area contributed by atoms with Crippen LogP contribution in [-0.4, -0.2) is 34.6 Å². The fraction of sp³-hybridized carbons (Fsp3) is 0.471. The average Bonchev–Trinajstić information content (AvgIpc) is 3.12. The minimum Gasteiger partial charge on any atom is -0.477 e. The maximum atomic E-state index is 13.0. The lowest BCUT2D eigenvalue weighted by molar-refractivity contribution is 0.134. The van der Waals surface area contributed by atoms with Gasteiger partial charge >= 0.3 is 0 Å². The van der Waals surface area contributed by atoms with Crippen LogP contribution < -0.4 is 9.64 Å². The first-order valence-electron chi connectivity index (χ1n) is 8.02. The molecule has 5 nitrogen and oxygen atoms in total. The lowest BCUT2D eigenvalue weighted by atomic mass is 9.82. The van der Waals surface area contributed by atoms with Crippen molar-refractivity contribution in [3.8, 4) is 5.88 Å². The van der Waals surface area contributed by atoms with E-state index >= 15 is 0 Å². The molecule has 120 valence electrons. The second-order valence-electron chi connectivity index (χ2n) is 6.49. The first kappa shape index (κ1) is 14.4. The van der Waals surface area contributed by atoms with Gasteiger partial charge in [-0.15, -0.1) is 0 Å². The van der Waals surface area contributed by atoms with E-state index in [2.05, 4.69) is 19.9 Å². The predicted molar refractivity (Wildman–Crippen MR) is 83.7 cm³/mol. The van der Waals surface area contributed by atoms with E-state index in [1.165, 1.54) is 25.2 Å². The van der Waals surface area contributed by atoms with E-state index in [1.807, 2.05) is 18.2 Å². The smallest absolute Gasteiger partial charge is 0.225 e. The number of pyridine rings is 1. The van der Waals surface area contributed by atoms with Crippen LogP contribution in [0.15, 0.2) is 36.8 Å². The van der Waals surface area contributed by atoms with Crippen molar-refractivity contribution in [1.82, 2.24) is 15.0 Å². The zero-order valence-electron chi connectivity index (χ0n) is 12.9. The molecule has 23 heavy (non-hydrogen) atoms. The van der Waals surface area contributed by atoms with Crippen LogP contribution in [0.25, 0.3) is 0 Å². The van der Waals surface area contributed by atoms with Gasteiger partial charge in [0.2, 0.25) is 11.8 Å². The molecule has 2 aromatic rings. The zero-order chi connectivity index (χ0) is 15.7. The molecule has 0 spiro atoms. The number of hydrogen-bond acceptors (Lipinski definition) is 5. The molecule has 0 unspecified atom stereocenters. The fourth-order valence-corrected chi connectivity index (χ4v) is 3.92.